The van der Waals surface area contributed by atoms with E-state index in [4.69, 9.17) is 8.94 Å². The highest BCUT2D eigenvalue weighted by Crippen LogP contribution is 2.27. The van der Waals surface area contributed by atoms with E-state index in [1.54, 1.807) is 31.2 Å². The molecule has 4 aromatic rings. The van der Waals surface area contributed by atoms with Crippen molar-refractivity contribution < 1.29 is 18.5 Å². The van der Waals surface area contributed by atoms with E-state index in [0.717, 1.165) is 5.56 Å². The fraction of sp³-hybridized carbons (Fsp3) is 0.143. The summed E-state index contributed by atoms with van der Waals surface area (Å²) in [4.78, 5) is 28.6. The summed E-state index contributed by atoms with van der Waals surface area (Å²) in [6, 6.07) is 12.4. The lowest BCUT2D eigenvalue weighted by Gasteiger charge is -2.09. The summed E-state index contributed by atoms with van der Waals surface area (Å²) in [5.41, 5.74) is 3.26. The predicted molar refractivity (Wildman–Crippen MR) is 106 cm³/mol. The number of furan rings is 1. The SMILES string of the molecule is CC(=O)Nc1cccc(CNC(=O)c2cc(-c3ccco3)nc3onc(C)c23)c1. The molecule has 2 N–H and O–H groups in total. The van der Waals surface area contributed by atoms with E-state index < -0.39 is 0 Å². The van der Waals surface area contributed by atoms with Gasteiger partial charge in [0.1, 0.15) is 5.69 Å². The van der Waals surface area contributed by atoms with Gasteiger partial charge in [-0.15, -0.1) is 0 Å². The molecular formula is C21H18N4O4. The van der Waals surface area contributed by atoms with Crippen LogP contribution in [0.1, 0.15) is 28.5 Å². The van der Waals surface area contributed by atoms with Gasteiger partial charge >= 0.3 is 0 Å². The molecule has 2 amide bonds. The van der Waals surface area contributed by atoms with Gasteiger partial charge in [-0.25, -0.2) is 4.98 Å². The molecule has 0 aliphatic rings. The second-order valence-corrected chi connectivity index (χ2v) is 6.54. The number of carbonyl (C=O) groups is 2. The van der Waals surface area contributed by atoms with Crippen LogP contribution in [0.3, 0.4) is 0 Å². The van der Waals surface area contributed by atoms with Crippen molar-refractivity contribution in [2.45, 2.75) is 20.4 Å². The summed E-state index contributed by atoms with van der Waals surface area (Å²) in [6.07, 6.45) is 1.54. The Labute approximate surface area is 165 Å². The molecule has 0 fully saturated rings. The van der Waals surface area contributed by atoms with E-state index in [-0.39, 0.29) is 24.1 Å². The topological polar surface area (TPSA) is 110 Å². The molecule has 0 atom stereocenters. The molecule has 4 rings (SSSR count). The number of benzene rings is 1. The van der Waals surface area contributed by atoms with Crippen molar-refractivity contribution >= 4 is 28.6 Å². The molecule has 0 spiro atoms. The summed E-state index contributed by atoms with van der Waals surface area (Å²) in [5, 5.41) is 10.1. The van der Waals surface area contributed by atoms with Crippen molar-refractivity contribution in [3.8, 4) is 11.5 Å². The van der Waals surface area contributed by atoms with Crippen LogP contribution >= 0.6 is 0 Å². The first-order valence-corrected chi connectivity index (χ1v) is 8.97. The Kier molecular flexibility index (Phi) is 4.82. The fourth-order valence-corrected chi connectivity index (χ4v) is 3.06. The van der Waals surface area contributed by atoms with Gasteiger partial charge in [-0.2, -0.15) is 0 Å². The molecule has 0 aliphatic carbocycles. The summed E-state index contributed by atoms with van der Waals surface area (Å²) in [7, 11) is 0. The second kappa shape index (κ2) is 7.59. The van der Waals surface area contributed by atoms with Gasteiger partial charge in [0.05, 0.1) is 22.9 Å². The molecule has 8 heteroatoms. The van der Waals surface area contributed by atoms with Gasteiger partial charge in [0, 0.05) is 19.2 Å². The van der Waals surface area contributed by atoms with E-state index in [2.05, 4.69) is 20.8 Å². The maximum absolute atomic E-state index is 13.0. The highest BCUT2D eigenvalue weighted by Gasteiger charge is 2.20. The molecule has 0 saturated heterocycles. The lowest BCUT2D eigenvalue weighted by atomic mass is 10.1. The molecule has 3 heterocycles. The zero-order valence-electron chi connectivity index (χ0n) is 15.9. The third-order valence-electron chi connectivity index (χ3n) is 4.34. The summed E-state index contributed by atoms with van der Waals surface area (Å²) in [6.45, 7) is 3.49. The van der Waals surface area contributed by atoms with Gasteiger partial charge in [-0.3, -0.25) is 9.59 Å². The number of aryl methyl sites for hydroxylation is 1. The fourth-order valence-electron chi connectivity index (χ4n) is 3.06. The van der Waals surface area contributed by atoms with Crippen molar-refractivity contribution in [2.24, 2.45) is 0 Å². The van der Waals surface area contributed by atoms with Crippen LogP contribution in [0.4, 0.5) is 5.69 Å². The number of pyridine rings is 1. The number of nitrogens with zero attached hydrogens (tertiary/aromatic N) is 2. The van der Waals surface area contributed by atoms with Crippen LogP contribution in [0.25, 0.3) is 22.6 Å². The normalized spacial score (nSPS) is 10.8. The first-order valence-electron chi connectivity index (χ1n) is 8.97. The van der Waals surface area contributed by atoms with E-state index in [1.165, 1.54) is 13.2 Å². The van der Waals surface area contributed by atoms with Crippen molar-refractivity contribution in [1.82, 2.24) is 15.5 Å². The number of nitrogens with one attached hydrogen (secondary N) is 2. The van der Waals surface area contributed by atoms with Gasteiger partial charge in [0.2, 0.25) is 5.91 Å². The van der Waals surface area contributed by atoms with E-state index in [0.29, 0.717) is 33.8 Å². The molecule has 0 radical (unpaired) electrons. The van der Waals surface area contributed by atoms with Crippen molar-refractivity contribution in [2.75, 3.05) is 5.32 Å². The first-order chi connectivity index (χ1) is 14.0. The monoisotopic (exact) mass is 390 g/mol. The number of hydrogen-bond acceptors (Lipinski definition) is 6. The third kappa shape index (κ3) is 3.86. The van der Waals surface area contributed by atoms with Crippen LogP contribution in [0.15, 0.2) is 57.7 Å². The molecule has 0 unspecified atom stereocenters. The quantitative estimate of drug-likeness (QED) is 0.538. The number of aromatic nitrogens is 2. The zero-order chi connectivity index (χ0) is 20.4. The molecule has 0 saturated carbocycles. The molecule has 8 nitrogen and oxygen atoms in total. The Morgan fingerprint density at radius 3 is 2.76 bits per heavy atom. The van der Waals surface area contributed by atoms with Crippen LogP contribution in [-0.2, 0) is 11.3 Å². The lowest BCUT2D eigenvalue weighted by Crippen LogP contribution is -2.23. The Morgan fingerprint density at radius 1 is 1.14 bits per heavy atom. The van der Waals surface area contributed by atoms with Crippen LogP contribution in [0.2, 0.25) is 0 Å². The number of hydrogen-bond donors (Lipinski definition) is 2. The molecular weight excluding hydrogens is 372 g/mol. The third-order valence-corrected chi connectivity index (χ3v) is 4.34. The van der Waals surface area contributed by atoms with Gasteiger partial charge in [-0.1, -0.05) is 17.3 Å². The maximum atomic E-state index is 13.0. The zero-order valence-corrected chi connectivity index (χ0v) is 15.9. The Balaban J connectivity index is 1.61. The summed E-state index contributed by atoms with van der Waals surface area (Å²) >= 11 is 0. The predicted octanol–water partition coefficient (Wildman–Crippen LogP) is 3.68. The van der Waals surface area contributed by atoms with Gasteiger partial charge in [-0.05, 0) is 42.8 Å². The average Bonchev–Trinajstić information content (AvgIpc) is 3.36. The number of amides is 2. The van der Waals surface area contributed by atoms with E-state index in [9.17, 15) is 9.59 Å². The standard InChI is InChI=1S/C21H18N4O4/c1-12-19-16(10-17(18-7-4-8-28-18)24-21(19)29-25-12)20(27)22-11-14-5-3-6-15(9-14)23-13(2)26/h3-10H,11H2,1-2H3,(H,22,27)(H,23,26). The summed E-state index contributed by atoms with van der Waals surface area (Å²) in [5.74, 6) is 0.0817. The highest BCUT2D eigenvalue weighted by atomic mass is 16.5. The van der Waals surface area contributed by atoms with Crippen LogP contribution in [-0.4, -0.2) is 22.0 Å². The molecule has 0 bridgehead atoms. The molecule has 146 valence electrons. The van der Waals surface area contributed by atoms with Crippen LogP contribution in [0.5, 0.6) is 0 Å². The minimum absolute atomic E-state index is 0.154. The minimum atomic E-state index is -0.290. The molecule has 0 aliphatic heterocycles. The lowest BCUT2D eigenvalue weighted by molar-refractivity contribution is -0.114. The van der Waals surface area contributed by atoms with E-state index in [1.807, 2.05) is 18.2 Å². The maximum Gasteiger partial charge on any atom is 0.259 e. The minimum Gasteiger partial charge on any atom is -0.463 e. The highest BCUT2D eigenvalue weighted by molar-refractivity contribution is 6.06. The first kappa shape index (κ1) is 18.4. The number of carbonyl (C=O) groups excluding carboxylic acids is 2. The average molecular weight is 390 g/mol. The molecule has 3 aromatic heterocycles. The smallest absolute Gasteiger partial charge is 0.259 e. The van der Waals surface area contributed by atoms with Gasteiger partial charge in [0.15, 0.2) is 5.76 Å². The molecule has 1 aromatic carbocycles. The number of rotatable bonds is 5. The van der Waals surface area contributed by atoms with Gasteiger partial charge < -0.3 is 19.6 Å². The number of fused-ring (bicyclic) bond motifs is 1. The summed E-state index contributed by atoms with van der Waals surface area (Å²) < 4.78 is 10.7. The van der Waals surface area contributed by atoms with Crippen molar-refractivity contribution in [1.29, 1.82) is 0 Å². The number of anilines is 1. The van der Waals surface area contributed by atoms with Crippen molar-refractivity contribution in [3.05, 3.63) is 65.5 Å². The van der Waals surface area contributed by atoms with E-state index >= 15 is 0 Å². The largest absolute Gasteiger partial charge is 0.463 e. The van der Waals surface area contributed by atoms with Crippen molar-refractivity contribution in [3.63, 3.8) is 0 Å². The van der Waals surface area contributed by atoms with Crippen LogP contribution < -0.4 is 10.6 Å². The van der Waals surface area contributed by atoms with Gasteiger partial charge in [0.25, 0.3) is 11.6 Å². The Morgan fingerprint density at radius 2 is 2.00 bits per heavy atom. The molecule has 29 heavy (non-hydrogen) atoms. The Hall–Kier alpha value is -3.94. The second-order valence-electron chi connectivity index (χ2n) is 6.54. The Bertz CT molecular complexity index is 1190. The van der Waals surface area contributed by atoms with Crippen LogP contribution in [0, 0.1) is 6.92 Å².